The third kappa shape index (κ3) is 3.70. The van der Waals surface area contributed by atoms with E-state index in [1.165, 1.54) is 0 Å². The zero-order chi connectivity index (χ0) is 17.8. The van der Waals surface area contributed by atoms with Gasteiger partial charge in [-0.05, 0) is 38.1 Å². The van der Waals surface area contributed by atoms with Crippen LogP contribution in [0.2, 0.25) is 0 Å². The van der Waals surface area contributed by atoms with Crippen molar-refractivity contribution in [1.29, 1.82) is 0 Å². The van der Waals surface area contributed by atoms with Gasteiger partial charge in [-0.1, -0.05) is 6.07 Å². The van der Waals surface area contributed by atoms with E-state index >= 15 is 0 Å². The number of carbonyl (C=O) groups is 2. The number of hydrogen-bond donors (Lipinski definition) is 1. The average molecular weight is 361 g/mol. The summed E-state index contributed by atoms with van der Waals surface area (Å²) >= 11 is 1.56. The fourth-order valence-corrected chi connectivity index (χ4v) is 4.25. The molecule has 5 nitrogen and oxygen atoms in total. The van der Waals surface area contributed by atoms with Crippen LogP contribution in [0.15, 0.2) is 40.1 Å². The van der Waals surface area contributed by atoms with Gasteiger partial charge in [-0.15, -0.1) is 11.3 Å². The SMILES string of the molecule is CCOCCOC(=O)C1=C(C)NC2=C(C(=O)CCC2)[C@H]1c1cccs1. The summed E-state index contributed by atoms with van der Waals surface area (Å²) in [6.45, 7) is 4.94. The molecule has 1 aliphatic heterocycles. The van der Waals surface area contributed by atoms with Crippen molar-refractivity contribution in [2.24, 2.45) is 0 Å². The Hall–Kier alpha value is -1.92. The minimum Gasteiger partial charge on any atom is -0.460 e. The molecular formula is C19H23NO4S. The molecule has 0 fully saturated rings. The van der Waals surface area contributed by atoms with E-state index in [0.29, 0.717) is 25.2 Å². The van der Waals surface area contributed by atoms with Gasteiger partial charge in [-0.25, -0.2) is 4.79 Å². The molecule has 3 rings (SSSR count). The molecule has 0 unspecified atom stereocenters. The molecule has 134 valence electrons. The van der Waals surface area contributed by atoms with Crippen molar-refractivity contribution >= 4 is 23.1 Å². The highest BCUT2D eigenvalue weighted by Gasteiger charge is 2.39. The molecule has 6 heteroatoms. The molecule has 1 aliphatic carbocycles. The van der Waals surface area contributed by atoms with E-state index in [4.69, 9.17) is 9.47 Å². The van der Waals surface area contributed by atoms with Gasteiger partial charge in [0.05, 0.1) is 18.1 Å². The molecule has 0 radical (unpaired) electrons. The summed E-state index contributed by atoms with van der Waals surface area (Å²) < 4.78 is 10.6. The van der Waals surface area contributed by atoms with Crippen LogP contribution >= 0.6 is 11.3 Å². The maximum atomic E-state index is 12.8. The second-order valence-electron chi connectivity index (χ2n) is 6.11. The Labute approximate surface area is 151 Å². The standard InChI is InChI=1S/C19H23NO4S/c1-3-23-9-10-24-19(22)16-12(2)20-13-6-4-7-14(21)17(13)18(16)15-8-5-11-25-15/h5,8,11,18,20H,3-4,6-7,9-10H2,1-2H3/t18-/m0/s1. The highest BCUT2D eigenvalue weighted by Crippen LogP contribution is 2.43. The molecule has 0 spiro atoms. The van der Waals surface area contributed by atoms with E-state index in [1.807, 2.05) is 31.4 Å². The molecule has 1 aromatic rings. The molecule has 25 heavy (non-hydrogen) atoms. The molecule has 0 bridgehead atoms. The zero-order valence-electron chi connectivity index (χ0n) is 14.6. The van der Waals surface area contributed by atoms with Crippen LogP contribution in [0.5, 0.6) is 0 Å². The van der Waals surface area contributed by atoms with Crippen LogP contribution in [0, 0.1) is 0 Å². The second-order valence-corrected chi connectivity index (χ2v) is 7.09. The number of hydrogen-bond acceptors (Lipinski definition) is 6. The smallest absolute Gasteiger partial charge is 0.336 e. The number of nitrogens with one attached hydrogen (secondary N) is 1. The molecule has 2 heterocycles. The van der Waals surface area contributed by atoms with Crippen molar-refractivity contribution in [1.82, 2.24) is 5.32 Å². The van der Waals surface area contributed by atoms with Crippen LogP contribution in [0.1, 0.15) is 43.9 Å². The van der Waals surface area contributed by atoms with E-state index in [0.717, 1.165) is 34.7 Å². The number of allylic oxidation sites excluding steroid dienone is 3. The van der Waals surface area contributed by atoms with Crippen molar-refractivity contribution in [3.8, 4) is 0 Å². The molecule has 2 aliphatic rings. The number of rotatable bonds is 6. The Bertz CT molecular complexity index is 718. The van der Waals surface area contributed by atoms with E-state index in [-0.39, 0.29) is 24.3 Å². The Balaban J connectivity index is 1.92. The lowest BCUT2D eigenvalue weighted by atomic mass is 9.78. The van der Waals surface area contributed by atoms with Crippen LogP contribution in [0.4, 0.5) is 0 Å². The fraction of sp³-hybridized carbons (Fsp3) is 0.474. The number of thiophene rings is 1. The number of ether oxygens (including phenoxy) is 2. The van der Waals surface area contributed by atoms with E-state index in [2.05, 4.69) is 5.32 Å². The number of Topliss-reactive ketones (excluding diaryl/α,β-unsaturated/α-hetero) is 1. The molecule has 1 atom stereocenters. The average Bonchev–Trinajstić information content (AvgIpc) is 3.12. The first kappa shape index (κ1) is 17.9. The zero-order valence-corrected chi connectivity index (χ0v) is 15.4. The van der Waals surface area contributed by atoms with Crippen LogP contribution < -0.4 is 5.32 Å². The van der Waals surface area contributed by atoms with Gasteiger partial charge in [0.25, 0.3) is 0 Å². The lowest BCUT2D eigenvalue weighted by Crippen LogP contribution is -2.34. The van der Waals surface area contributed by atoms with Gasteiger partial charge in [-0.2, -0.15) is 0 Å². The van der Waals surface area contributed by atoms with Gasteiger partial charge >= 0.3 is 5.97 Å². The van der Waals surface area contributed by atoms with Gasteiger partial charge in [-0.3, -0.25) is 4.79 Å². The van der Waals surface area contributed by atoms with Crippen molar-refractivity contribution in [2.45, 2.75) is 39.0 Å². The number of dihydropyridines is 1. The van der Waals surface area contributed by atoms with E-state index in [1.54, 1.807) is 11.3 Å². The Kier molecular flexibility index (Phi) is 5.71. The van der Waals surface area contributed by atoms with Gasteiger partial charge in [0, 0.05) is 34.9 Å². The van der Waals surface area contributed by atoms with Crippen LogP contribution in [0.3, 0.4) is 0 Å². The normalized spacial score (nSPS) is 20.4. The molecular weight excluding hydrogens is 338 g/mol. The van der Waals surface area contributed by atoms with Crippen molar-refractivity contribution in [2.75, 3.05) is 19.8 Å². The Morgan fingerprint density at radius 2 is 2.20 bits per heavy atom. The van der Waals surface area contributed by atoms with Gasteiger partial charge < -0.3 is 14.8 Å². The summed E-state index contributed by atoms with van der Waals surface area (Å²) in [5, 5.41) is 5.25. The predicted octanol–water partition coefficient (Wildman–Crippen LogP) is 3.30. The number of ketones is 1. The Morgan fingerprint density at radius 1 is 1.36 bits per heavy atom. The highest BCUT2D eigenvalue weighted by atomic mass is 32.1. The molecule has 1 aromatic heterocycles. The maximum Gasteiger partial charge on any atom is 0.336 e. The predicted molar refractivity (Wildman–Crippen MR) is 96.2 cm³/mol. The topological polar surface area (TPSA) is 64.6 Å². The van der Waals surface area contributed by atoms with Crippen molar-refractivity contribution in [3.05, 3.63) is 44.9 Å². The van der Waals surface area contributed by atoms with Gasteiger partial charge in [0.15, 0.2) is 5.78 Å². The third-order valence-electron chi connectivity index (χ3n) is 4.49. The summed E-state index contributed by atoms with van der Waals surface area (Å²) in [6.07, 6.45) is 2.23. The third-order valence-corrected chi connectivity index (χ3v) is 5.43. The maximum absolute atomic E-state index is 12.8. The van der Waals surface area contributed by atoms with Crippen LogP contribution in [-0.2, 0) is 19.1 Å². The minimum absolute atomic E-state index is 0.124. The van der Waals surface area contributed by atoms with Gasteiger partial charge in [0.1, 0.15) is 6.61 Å². The summed E-state index contributed by atoms with van der Waals surface area (Å²) in [7, 11) is 0. The minimum atomic E-state index is -0.381. The van der Waals surface area contributed by atoms with E-state index in [9.17, 15) is 9.59 Å². The first-order chi connectivity index (χ1) is 12.1. The van der Waals surface area contributed by atoms with Crippen molar-refractivity contribution in [3.63, 3.8) is 0 Å². The summed E-state index contributed by atoms with van der Waals surface area (Å²) in [4.78, 5) is 26.4. The quantitative estimate of drug-likeness (QED) is 0.622. The molecule has 0 amide bonds. The molecule has 0 saturated heterocycles. The van der Waals surface area contributed by atoms with Crippen LogP contribution in [-0.4, -0.2) is 31.6 Å². The van der Waals surface area contributed by atoms with E-state index < -0.39 is 0 Å². The lowest BCUT2D eigenvalue weighted by molar-refractivity contribution is -0.140. The molecule has 0 aromatic carbocycles. The monoisotopic (exact) mass is 361 g/mol. The number of esters is 1. The molecule has 1 N–H and O–H groups in total. The first-order valence-corrected chi connectivity index (χ1v) is 9.53. The summed E-state index contributed by atoms with van der Waals surface area (Å²) in [5.74, 6) is -0.587. The highest BCUT2D eigenvalue weighted by molar-refractivity contribution is 7.10. The molecule has 0 saturated carbocycles. The number of carbonyl (C=O) groups excluding carboxylic acids is 2. The largest absolute Gasteiger partial charge is 0.460 e. The first-order valence-electron chi connectivity index (χ1n) is 8.65. The summed E-state index contributed by atoms with van der Waals surface area (Å²) in [5.41, 5.74) is 3.00. The lowest BCUT2D eigenvalue weighted by Gasteiger charge is -2.33. The second kappa shape index (κ2) is 7.97. The van der Waals surface area contributed by atoms with Crippen LogP contribution in [0.25, 0.3) is 0 Å². The fourth-order valence-electron chi connectivity index (χ4n) is 3.41. The van der Waals surface area contributed by atoms with Crippen molar-refractivity contribution < 1.29 is 19.1 Å². The Morgan fingerprint density at radius 3 is 2.92 bits per heavy atom. The summed E-state index contributed by atoms with van der Waals surface area (Å²) in [6, 6.07) is 3.93. The van der Waals surface area contributed by atoms with Gasteiger partial charge in [0.2, 0.25) is 0 Å².